The topological polar surface area (TPSA) is 75.7 Å². The smallest absolute Gasteiger partial charge is 0.255 e. The van der Waals surface area contributed by atoms with Gasteiger partial charge in [0.1, 0.15) is 11.6 Å². The molecule has 0 radical (unpaired) electrons. The molecule has 0 atom stereocenters. The zero-order chi connectivity index (χ0) is 18.9. The number of hydrogen-bond acceptors (Lipinski definition) is 6. The van der Waals surface area contributed by atoms with E-state index in [0.717, 1.165) is 44.3 Å². The summed E-state index contributed by atoms with van der Waals surface area (Å²) >= 11 is 0. The van der Waals surface area contributed by atoms with Gasteiger partial charge in [-0.05, 0) is 43.3 Å². The second-order valence-corrected chi connectivity index (χ2v) is 6.19. The number of ether oxygens (including phenoxy) is 2. The Hall–Kier alpha value is -2.64. The van der Waals surface area contributed by atoms with Crippen LogP contribution in [-0.4, -0.2) is 61.8 Å². The molecule has 2 N–H and O–H groups in total. The van der Waals surface area contributed by atoms with Gasteiger partial charge in [0.25, 0.3) is 5.91 Å². The lowest BCUT2D eigenvalue weighted by atomic mass is 10.2. The van der Waals surface area contributed by atoms with Gasteiger partial charge in [0.15, 0.2) is 0 Å². The fourth-order valence-electron chi connectivity index (χ4n) is 2.87. The number of nitrogens with zero attached hydrogens (tertiary/aromatic N) is 2. The normalized spacial score (nSPS) is 14.6. The lowest BCUT2D eigenvalue weighted by molar-refractivity contribution is 0.0383. The van der Waals surface area contributed by atoms with Crippen LogP contribution in [0.15, 0.2) is 42.6 Å². The van der Waals surface area contributed by atoms with E-state index in [0.29, 0.717) is 24.5 Å². The van der Waals surface area contributed by atoms with Gasteiger partial charge >= 0.3 is 0 Å². The van der Waals surface area contributed by atoms with E-state index < -0.39 is 0 Å². The van der Waals surface area contributed by atoms with E-state index in [1.54, 1.807) is 18.3 Å². The van der Waals surface area contributed by atoms with Crippen molar-refractivity contribution in [2.75, 3.05) is 51.3 Å². The first kappa shape index (κ1) is 19.1. The summed E-state index contributed by atoms with van der Waals surface area (Å²) in [4.78, 5) is 19.2. The van der Waals surface area contributed by atoms with Gasteiger partial charge in [0.05, 0.1) is 25.4 Å². The number of hydrogen-bond donors (Lipinski definition) is 2. The Morgan fingerprint density at radius 3 is 2.74 bits per heavy atom. The molecule has 1 aliphatic heterocycles. The van der Waals surface area contributed by atoms with E-state index in [-0.39, 0.29) is 5.91 Å². The SMILES string of the molecule is CCOc1ccc(Nc2ncccc2C(=O)NCCN2CCOCC2)cc1. The first-order valence-corrected chi connectivity index (χ1v) is 9.29. The van der Waals surface area contributed by atoms with Crippen LogP contribution in [0.1, 0.15) is 17.3 Å². The number of morpholine rings is 1. The van der Waals surface area contributed by atoms with Crippen molar-refractivity contribution in [2.24, 2.45) is 0 Å². The molecule has 144 valence electrons. The van der Waals surface area contributed by atoms with Gasteiger partial charge in [-0.25, -0.2) is 4.98 Å². The lowest BCUT2D eigenvalue weighted by Crippen LogP contribution is -2.41. The van der Waals surface area contributed by atoms with Gasteiger partial charge in [-0.3, -0.25) is 9.69 Å². The molecular formula is C20H26N4O3. The van der Waals surface area contributed by atoms with Crippen LogP contribution in [0.4, 0.5) is 11.5 Å². The molecule has 7 nitrogen and oxygen atoms in total. The molecule has 0 spiro atoms. The minimum absolute atomic E-state index is 0.134. The summed E-state index contributed by atoms with van der Waals surface area (Å²) in [5, 5.41) is 6.18. The van der Waals surface area contributed by atoms with Crippen LogP contribution in [0.3, 0.4) is 0 Å². The molecule has 1 saturated heterocycles. The van der Waals surface area contributed by atoms with E-state index in [9.17, 15) is 4.79 Å². The highest BCUT2D eigenvalue weighted by atomic mass is 16.5. The summed E-state index contributed by atoms with van der Waals surface area (Å²) in [5.74, 6) is 1.21. The van der Waals surface area contributed by atoms with Crippen LogP contribution >= 0.6 is 0 Å². The van der Waals surface area contributed by atoms with Crippen molar-refractivity contribution in [3.63, 3.8) is 0 Å². The number of aromatic nitrogens is 1. The van der Waals surface area contributed by atoms with Crippen LogP contribution in [0.2, 0.25) is 0 Å². The van der Waals surface area contributed by atoms with Crippen LogP contribution in [-0.2, 0) is 4.74 Å². The van der Waals surface area contributed by atoms with Gasteiger partial charge in [-0.1, -0.05) is 0 Å². The number of pyridine rings is 1. The maximum Gasteiger partial charge on any atom is 0.255 e. The summed E-state index contributed by atoms with van der Waals surface area (Å²) in [6.45, 7) is 7.32. The highest BCUT2D eigenvalue weighted by Gasteiger charge is 2.14. The molecule has 0 saturated carbocycles. The monoisotopic (exact) mass is 370 g/mol. The Balaban J connectivity index is 1.58. The molecule has 3 rings (SSSR count). The Kier molecular flexibility index (Phi) is 7.01. The van der Waals surface area contributed by atoms with Crippen molar-refractivity contribution < 1.29 is 14.3 Å². The quantitative estimate of drug-likeness (QED) is 0.743. The van der Waals surface area contributed by atoms with Crippen LogP contribution < -0.4 is 15.4 Å². The third-order valence-electron chi connectivity index (χ3n) is 4.30. The van der Waals surface area contributed by atoms with Crippen LogP contribution in [0, 0.1) is 0 Å². The number of carbonyl (C=O) groups excluding carboxylic acids is 1. The standard InChI is InChI=1S/C20H26N4O3/c1-2-27-17-7-5-16(6-8-17)23-19-18(4-3-9-21-19)20(25)22-10-11-24-12-14-26-15-13-24/h3-9H,2,10-15H2,1H3,(H,21,23)(H,22,25). The minimum Gasteiger partial charge on any atom is -0.494 e. The maximum absolute atomic E-state index is 12.6. The number of amides is 1. The van der Waals surface area contributed by atoms with E-state index in [1.165, 1.54) is 0 Å². The molecule has 1 aromatic heterocycles. The molecule has 0 bridgehead atoms. The van der Waals surface area contributed by atoms with Crippen molar-refractivity contribution in [3.8, 4) is 5.75 Å². The number of benzene rings is 1. The fourth-order valence-corrected chi connectivity index (χ4v) is 2.87. The Morgan fingerprint density at radius 1 is 1.22 bits per heavy atom. The second-order valence-electron chi connectivity index (χ2n) is 6.19. The van der Waals surface area contributed by atoms with Crippen molar-refractivity contribution >= 4 is 17.4 Å². The zero-order valence-corrected chi connectivity index (χ0v) is 15.6. The Bertz CT molecular complexity index is 730. The van der Waals surface area contributed by atoms with Gasteiger partial charge in [0, 0.05) is 38.1 Å². The van der Waals surface area contributed by atoms with Gasteiger partial charge < -0.3 is 20.1 Å². The predicted octanol–water partition coefficient (Wildman–Crippen LogP) is 2.29. The van der Waals surface area contributed by atoms with Gasteiger partial charge in [-0.2, -0.15) is 0 Å². The highest BCUT2D eigenvalue weighted by molar-refractivity contribution is 5.99. The molecule has 1 aliphatic rings. The van der Waals surface area contributed by atoms with Crippen molar-refractivity contribution in [2.45, 2.75) is 6.92 Å². The predicted molar refractivity (Wildman–Crippen MR) is 105 cm³/mol. The molecule has 0 aliphatic carbocycles. The summed E-state index contributed by atoms with van der Waals surface area (Å²) in [6, 6.07) is 11.1. The summed E-state index contributed by atoms with van der Waals surface area (Å²) in [6.07, 6.45) is 1.67. The first-order valence-electron chi connectivity index (χ1n) is 9.29. The van der Waals surface area contributed by atoms with E-state index in [2.05, 4.69) is 20.5 Å². The minimum atomic E-state index is -0.134. The molecule has 27 heavy (non-hydrogen) atoms. The van der Waals surface area contributed by atoms with E-state index in [4.69, 9.17) is 9.47 Å². The van der Waals surface area contributed by atoms with Crippen LogP contribution in [0.25, 0.3) is 0 Å². The second kappa shape index (κ2) is 9.89. The molecular weight excluding hydrogens is 344 g/mol. The largest absolute Gasteiger partial charge is 0.494 e. The summed E-state index contributed by atoms with van der Waals surface area (Å²) in [7, 11) is 0. The first-order chi connectivity index (χ1) is 13.3. The molecule has 1 amide bonds. The highest BCUT2D eigenvalue weighted by Crippen LogP contribution is 2.21. The fraction of sp³-hybridized carbons (Fsp3) is 0.400. The zero-order valence-electron chi connectivity index (χ0n) is 15.6. The van der Waals surface area contributed by atoms with Gasteiger partial charge in [-0.15, -0.1) is 0 Å². The van der Waals surface area contributed by atoms with Crippen molar-refractivity contribution in [1.29, 1.82) is 0 Å². The number of anilines is 2. The van der Waals surface area contributed by atoms with Crippen molar-refractivity contribution in [3.05, 3.63) is 48.2 Å². The molecule has 2 heterocycles. The number of rotatable bonds is 8. The Morgan fingerprint density at radius 2 is 2.00 bits per heavy atom. The summed E-state index contributed by atoms with van der Waals surface area (Å²) < 4.78 is 10.8. The average Bonchev–Trinajstić information content (AvgIpc) is 2.71. The van der Waals surface area contributed by atoms with Gasteiger partial charge in [0.2, 0.25) is 0 Å². The lowest BCUT2D eigenvalue weighted by Gasteiger charge is -2.26. The van der Waals surface area contributed by atoms with Crippen LogP contribution in [0.5, 0.6) is 5.75 Å². The summed E-state index contributed by atoms with van der Waals surface area (Å²) in [5.41, 5.74) is 1.37. The maximum atomic E-state index is 12.6. The molecule has 1 aromatic carbocycles. The molecule has 0 unspecified atom stereocenters. The van der Waals surface area contributed by atoms with Crippen molar-refractivity contribution in [1.82, 2.24) is 15.2 Å². The van der Waals surface area contributed by atoms with E-state index >= 15 is 0 Å². The van der Waals surface area contributed by atoms with E-state index in [1.807, 2.05) is 31.2 Å². The number of nitrogens with one attached hydrogen (secondary N) is 2. The third-order valence-corrected chi connectivity index (χ3v) is 4.30. The molecule has 7 heteroatoms. The molecule has 2 aromatic rings. The number of carbonyl (C=O) groups is 1. The molecule has 1 fully saturated rings. The average molecular weight is 370 g/mol. The third kappa shape index (κ3) is 5.67. The Labute approximate surface area is 159 Å².